The molecule has 1 aliphatic rings. The van der Waals surface area contributed by atoms with Gasteiger partial charge in [0.2, 0.25) is 0 Å². The summed E-state index contributed by atoms with van der Waals surface area (Å²) < 4.78 is 17.2. The summed E-state index contributed by atoms with van der Waals surface area (Å²) >= 11 is 0. The molecule has 0 unspecified atom stereocenters. The molecule has 0 N–H and O–H groups in total. The van der Waals surface area contributed by atoms with Gasteiger partial charge in [-0.1, -0.05) is 13.3 Å². The number of aryl methyl sites for hydroxylation is 1. The van der Waals surface area contributed by atoms with Crippen molar-refractivity contribution in [1.29, 1.82) is 0 Å². The van der Waals surface area contributed by atoms with Gasteiger partial charge >= 0.3 is 5.63 Å². The monoisotopic (exact) mass is 337 g/mol. The fourth-order valence-electron chi connectivity index (χ4n) is 3.25. The molecule has 3 aromatic rings. The largest absolute Gasteiger partial charge is 0.482 e. The quantitative estimate of drug-likeness (QED) is 0.525. The molecule has 0 bridgehead atoms. The maximum absolute atomic E-state index is 12.5. The van der Waals surface area contributed by atoms with Gasteiger partial charge in [0.25, 0.3) is 0 Å². The van der Waals surface area contributed by atoms with E-state index in [9.17, 15) is 9.59 Å². The molecule has 4 rings (SSSR count). The molecule has 0 amide bonds. The Morgan fingerprint density at radius 2 is 1.96 bits per heavy atom. The Morgan fingerprint density at radius 3 is 2.72 bits per heavy atom. The van der Waals surface area contributed by atoms with E-state index in [0.717, 1.165) is 6.42 Å². The summed E-state index contributed by atoms with van der Waals surface area (Å²) in [7, 11) is 0. The summed E-state index contributed by atoms with van der Waals surface area (Å²) in [5.41, 5.74) is 0.554. The van der Waals surface area contributed by atoms with E-state index in [1.54, 1.807) is 0 Å². The van der Waals surface area contributed by atoms with Crippen LogP contribution in [0, 0.1) is 6.07 Å². The van der Waals surface area contributed by atoms with Gasteiger partial charge in [0.1, 0.15) is 16.7 Å². The van der Waals surface area contributed by atoms with Crippen LogP contribution in [0.1, 0.15) is 38.3 Å². The molecule has 1 aromatic carbocycles. The second-order valence-corrected chi connectivity index (χ2v) is 6.72. The summed E-state index contributed by atoms with van der Waals surface area (Å²) in [6.45, 7) is 5.89. The van der Waals surface area contributed by atoms with Crippen LogP contribution < -0.4 is 15.8 Å². The first-order valence-corrected chi connectivity index (χ1v) is 8.26. The maximum atomic E-state index is 12.5. The van der Waals surface area contributed by atoms with Crippen molar-refractivity contribution >= 4 is 28.0 Å². The fraction of sp³-hybridized carbons (Fsp3) is 0.300. The minimum Gasteiger partial charge on any atom is -0.482 e. The van der Waals surface area contributed by atoms with Gasteiger partial charge in [-0.2, -0.15) is 0 Å². The molecule has 5 heteroatoms. The van der Waals surface area contributed by atoms with Crippen molar-refractivity contribution in [3.8, 4) is 5.75 Å². The first kappa shape index (κ1) is 15.7. The van der Waals surface area contributed by atoms with Crippen molar-refractivity contribution in [3.63, 3.8) is 0 Å². The van der Waals surface area contributed by atoms with E-state index in [2.05, 4.69) is 6.07 Å². The fourth-order valence-corrected chi connectivity index (χ4v) is 3.25. The molecule has 25 heavy (non-hydrogen) atoms. The van der Waals surface area contributed by atoms with E-state index < -0.39 is 11.2 Å². The lowest BCUT2D eigenvalue weighted by Gasteiger charge is -2.29. The highest BCUT2D eigenvalue weighted by atomic mass is 16.5. The van der Waals surface area contributed by atoms with Crippen molar-refractivity contribution in [2.45, 2.75) is 39.2 Å². The summed E-state index contributed by atoms with van der Waals surface area (Å²) in [6, 6.07) is 4.08. The summed E-state index contributed by atoms with van der Waals surface area (Å²) in [5.74, 6) is 0.563. The average molecular weight is 337 g/mol. The van der Waals surface area contributed by atoms with E-state index in [4.69, 9.17) is 13.6 Å². The predicted octanol–water partition coefficient (Wildman–Crippen LogP) is 3.84. The van der Waals surface area contributed by atoms with Crippen LogP contribution in [0.15, 0.2) is 36.8 Å². The zero-order valence-electron chi connectivity index (χ0n) is 14.3. The molecule has 1 aliphatic heterocycles. The first-order chi connectivity index (χ1) is 11.9. The zero-order valence-corrected chi connectivity index (χ0v) is 14.3. The van der Waals surface area contributed by atoms with Gasteiger partial charge in [0.05, 0.1) is 23.3 Å². The zero-order chi connectivity index (χ0) is 17.8. The lowest BCUT2D eigenvalue weighted by Crippen LogP contribution is -2.28. The highest BCUT2D eigenvalue weighted by molar-refractivity contribution is 6.10. The molecule has 0 atom stereocenters. The molecule has 127 valence electrons. The van der Waals surface area contributed by atoms with E-state index in [1.165, 1.54) is 12.3 Å². The van der Waals surface area contributed by atoms with Crippen molar-refractivity contribution in [3.05, 3.63) is 56.2 Å². The number of hydrogen-bond acceptors (Lipinski definition) is 5. The molecular weight excluding hydrogens is 320 g/mol. The molecule has 2 aromatic heterocycles. The number of ether oxygens (including phenoxy) is 1. The van der Waals surface area contributed by atoms with Crippen molar-refractivity contribution in [2.75, 3.05) is 0 Å². The number of benzene rings is 1. The highest BCUT2D eigenvalue weighted by Gasteiger charge is 2.29. The lowest BCUT2D eigenvalue weighted by molar-refractivity contribution is 0.161. The molecule has 3 heterocycles. The molecule has 5 nitrogen and oxygen atoms in total. The lowest BCUT2D eigenvalue weighted by atomic mass is 9.95. The van der Waals surface area contributed by atoms with Gasteiger partial charge in [0, 0.05) is 6.07 Å². The molecule has 0 spiro atoms. The van der Waals surface area contributed by atoms with E-state index in [-0.39, 0.29) is 16.4 Å². The summed E-state index contributed by atoms with van der Waals surface area (Å²) in [6.07, 6.45) is 6.60. The average Bonchev–Trinajstić information content (AvgIpc) is 2.53. The van der Waals surface area contributed by atoms with Crippen LogP contribution >= 0.6 is 0 Å². The summed E-state index contributed by atoms with van der Waals surface area (Å²) in [5, 5.41) is 0.882. The molecular formula is C20H17O5. The second kappa shape index (κ2) is 5.34. The van der Waals surface area contributed by atoms with E-state index in [1.807, 2.05) is 32.9 Å². The molecule has 1 radical (unpaired) electrons. The van der Waals surface area contributed by atoms with E-state index >= 15 is 0 Å². The number of rotatable bonds is 2. The standard InChI is InChI=1S/C20H17O5/c1-4-5-11-10-14(22)24-19-15(11)18-12(6-8-20(2,3)25-18)17-16(19)13(21)7-9-23-17/h6-9H,4-5H2,1-3H3. The topological polar surface area (TPSA) is 69.7 Å². The van der Waals surface area contributed by atoms with Gasteiger partial charge in [-0.05, 0) is 38.0 Å². The van der Waals surface area contributed by atoms with Crippen LogP contribution in [0.5, 0.6) is 5.75 Å². The molecule has 0 aliphatic carbocycles. The molecule has 0 saturated heterocycles. The number of hydrogen-bond donors (Lipinski definition) is 0. The minimum atomic E-state index is -0.605. The Bertz CT molecular complexity index is 1140. The normalized spacial score (nSPS) is 15.3. The molecule has 0 saturated carbocycles. The van der Waals surface area contributed by atoms with Crippen molar-refractivity contribution in [2.24, 2.45) is 0 Å². The Hall–Kier alpha value is -2.82. The van der Waals surface area contributed by atoms with Crippen LogP contribution in [0.2, 0.25) is 0 Å². The number of fused-ring (bicyclic) bond motifs is 6. The van der Waals surface area contributed by atoms with Gasteiger partial charge < -0.3 is 13.6 Å². The van der Waals surface area contributed by atoms with Gasteiger partial charge in [-0.15, -0.1) is 0 Å². The smallest absolute Gasteiger partial charge is 0.344 e. The predicted molar refractivity (Wildman–Crippen MR) is 95.1 cm³/mol. The van der Waals surface area contributed by atoms with Crippen LogP contribution in [0.25, 0.3) is 28.0 Å². The maximum Gasteiger partial charge on any atom is 0.344 e. The summed E-state index contributed by atoms with van der Waals surface area (Å²) in [4.78, 5) is 24.5. The SMILES string of the molecule is CCCc1[c]c(=O)oc2c1c1c(c3occc(=O)c32)C=CC(C)(C)O1. The van der Waals surface area contributed by atoms with Gasteiger partial charge in [0.15, 0.2) is 16.6 Å². The Kier molecular flexibility index (Phi) is 3.35. The van der Waals surface area contributed by atoms with Crippen molar-refractivity contribution in [1.82, 2.24) is 0 Å². The third-order valence-electron chi connectivity index (χ3n) is 4.32. The Labute approximate surface area is 143 Å². The second-order valence-electron chi connectivity index (χ2n) is 6.72. The van der Waals surface area contributed by atoms with Crippen LogP contribution in [0.3, 0.4) is 0 Å². The van der Waals surface area contributed by atoms with Crippen LogP contribution in [-0.2, 0) is 6.42 Å². The Balaban J connectivity index is 2.31. The van der Waals surface area contributed by atoms with Gasteiger partial charge in [-0.3, -0.25) is 4.79 Å². The third-order valence-corrected chi connectivity index (χ3v) is 4.32. The third kappa shape index (κ3) is 2.38. The van der Waals surface area contributed by atoms with Crippen molar-refractivity contribution < 1.29 is 13.6 Å². The highest BCUT2D eigenvalue weighted by Crippen LogP contribution is 2.43. The Morgan fingerprint density at radius 1 is 1.16 bits per heavy atom. The van der Waals surface area contributed by atoms with Crippen LogP contribution in [0.4, 0.5) is 0 Å². The van der Waals surface area contributed by atoms with E-state index in [0.29, 0.717) is 34.3 Å². The molecule has 0 fully saturated rings. The van der Waals surface area contributed by atoms with Gasteiger partial charge in [-0.25, -0.2) is 4.79 Å². The van der Waals surface area contributed by atoms with Crippen LogP contribution in [-0.4, -0.2) is 5.60 Å². The first-order valence-electron chi connectivity index (χ1n) is 8.26. The minimum absolute atomic E-state index is 0.210.